The Morgan fingerprint density at radius 1 is 1.45 bits per heavy atom. The van der Waals surface area contributed by atoms with E-state index in [1.54, 1.807) is 11.6 Å². The van der Waals surface area contributed by atoms with Crippen LogP contribution in [0, 0.1) is 25.7 Å². The van der Waals surface area contributed by atoms with Crippen molar-refractivity contribution < 1.29 is 14.7 Å². The minimum absolute atomic E-state index is 0.0445. The van der Waals surface area contributed by atoms with Crippen LogP contribution in [-0.4, -0.2) is 32.3 Å². The number of hydrogen-bond donors (Lipinski definition) is 2. The lowest BCUT2D eigenvalue weighted by atomic mass is 9.93. The Morgan fingerprint density at radius 2 is 2.05 bits per heavy atom. The van der Waals surface area contributed by atoms with Gasteiger partial charge in [0.05, 0.1) is 5.69 Å². The fourth-order valence-corrected chi connectivity index (χ4v) is 2.88. The normalized spacial score (nSPS) is 18.6. The van der Waals surface area contributed by atoms with E-state index >= 15 is 0 Å². The quantitative estimate of drug-likeness (QED) is 0.836. The molecule has 1 aromatic heterocycles. The molecule has 0 bridgehead atoms. The molecule has 1 aliphatic carbocycles. The number of carboxylic acid groups (broad SMARTS) is 1. The van der Waals surface area contributed by atoms with Crippen LogP contribution in [-0.2, 0) is 23.1 Å². The molecule has 22 heavy (non-hydrogen) atoms. The van der Waals surface area contributed by atoms with Crippen molar-refractivity contribution in [3.05, 3.63) is 17.0 Å². The fourth-order valence-electron chi connectivity index (χ4n) is 2.88. The van der Waals surface area contributed by atoms with Crippen molar-refractivity contribution in [3.63, 3.8) is 0 Å². The number of rotatable bonds is 6. The molecule has 2 rings (SSSR count). The molecule has 0 aromatic carbocycles. The molecule has 0 unspecified atom stereocenters. The van der Waals surface area contributed by atoms with Crippen molar-refractivity contribution in [1.29, 1.82) is 0 Å². The summed E-state index contributed by atoms with van der Waals surface area (Å²) in [6, 6.07) is 0. The molecule has 2 atom stereocenters. The van der Waals surface area contributed by atoms with E-state index < -0.39 is 11.5 Å². The van der Waals surface area contributed by atoms with E-state index in [0.717, 1.165) is 29.8 Å². The van der Waals surface area contributed by atoms with Gasteiger partial charge >= 0.3 is 5.97 Å². The highest BCUT2D eigenvalue weighted by molar-refractivity contribution is 5.88. The summed E-state index contributed by atoms with van der Waals surface area (Å²) in [7, 11) is 1.88. The Bertz CT molecular complexity index is 604. The molecule has 1 aliphatic rings. The maximum absolute atomic E-state index is 12.4. The second-order valence-corrected chi connectivity index (χ2v) is 6.65. The van der Waals surface area contributed by atoms with Crippen LogP contribution in [0.4, 0.5) is 0 Å². The summed E-state index contributed by atoms with van der Waals surface area (Å²) in [5.41, 5.74) is 1.88. The highest BCUT2D eigenvalue weighted by Gasteiger charge is 2.48. The molecule has 0 aliphatic heterocycles. The zero-order valence-corrected chi connectivity index (χ0v) is 13.9. The first-order chi connectivity index (χ1) is 10.2. The molecule has 1 fully saturated rings. The molecule has 0 radical (unpaired) electrons. The van der Waals surface area contributed by atoms with E-state index in [9.17, 15) is 14.7 Å². The van der Waals surface area contributed by atoms with Crippen LogP contribution in [0.3, 0.4) is 0 Å². The Balaban J connectivity index is 2.07. The van der Waals surface area contributed by atoms with E-state index in [0.29, 0.717) is 6.42 Å². The maximum atomic E-state index is 12.4. The molecule has 1 saturated carbocycles. The van der Waals surface area contributed by atoms with Crippen LogP contribution >= 0.6 is 0 Å². The zero-order chi connectivity index (χ0) is 16.7. The Morgan fingerprint density at radius 3 is 2.45 bits per heavy atom. The topological polar surface area (TPSA) is 84.2 Å². The van der Waals surface area contributed by atoms with Crippen LogP contribution < -0.4 is 5.32 Å². The number of carbonyl (C=O) groups is 2. The van der Waals surface area contributed by atoms with Gasteiger partial charge < -0.3 is 10.4 Å². The second kappa shape index (κ2) is 5.74. The van der Waals surface area contributed by atoms with Gasteiger partial charge in [0.1, 0.15) is 5.54 Å². The fraction of sp³-hybridized carbons (Fsp3) is 0.688. The van der Waals surface area contributed by atoms with Crippen molar-refractivity contribution in [1.82, 2.24) is 15.1 Å². The van der Waals surface area contributed by atoms with Crippen molar-refractivity contribution in [2.24, 2.45) is 18.9 Å². The van der Waals surface area contributed by atoms with Gasteiger partial charge in [-0.1, -0.05) is 6.92 Å². The van der Waals surface area contributed by atoms with E-state index in [2.05, 4.69) is 10.4 Å². The molecule has 1 aromatic rings. The van der Waals surface area contributed by atoms with Crippen molar-refractivity contribution >= 4 is 11.9 Å². The summed E-state index contributed by atoms with van der Waals surface area (Å²) in [5, 5.41) is 16.5. The van der Waals surface area contributed by atoms with Gasteiger partial charge in [0.15, 0.2) is 0 Å². The van der Waals surface area contributed by atoms with Gasteiger partial charge in [-0.05, 0) is 51.5 Å². The lowest BCUT2D eigenvalue weighted by molar-refractivity contribution is -0.148. The number of nitrogens with one attached hydrogen (secondary N) is 1. The highest BCUT2D eigenvalue weighted by Crippen LogP contribution is 2.40. The predicted molar refractivity (Wildman–Crippen MR) is 82.5 cm³/mol. The first-order valence-electron chi connectivity index (χ1n) is 7.71. The zero-order valence-electron chi connectivity index (χ0n) is 13.9. The van der Waals surface area contributed by atoms with Gasteiger partial charge in [0.25, 0.3) is 0 Å². The predicted octanol–water partition coefficient (Wildman–Crippen LogP) is 1.59. The monoisotopic (exact) mass is 307 g/mol. The van der Waals surface area contributed by atoms with Crippen molar-refractivity contribution in [2.75, 3.05) is 0 Å². The van der Waals surface area contributed by atoms with Gasteiger partial charge in [-0.2, -0.15) is 5.10 Å². The molecule has 2 N–H and O–H groups in total. The molecule has 1 amide bonds. The number of aryl methyl sites for hydroxylation is 2. The second-order valence-electron chi connectivity index (χ2n) is 6.65. The average molecular weight is 307 g/mol. The minimum Gasteiger partial charge on any atom is -0.480 e. The molecule has 1 heterocycles. The largest absolute Gasteiger partial charge is 0.480 e. The van der Waals surface area contributed by atoms with Crippen molar-refractivity contribution in [3.8, 4) is 0 Å². The van der Waals surface area contributed by atoms with Crippen LogP contribution in [0.1, 0.15) is 43.6 Å². The van der Waals surface area contributed by atoms with E-state index in [1.165, 1.54) is 0 Å². The smallest absolute Gasteiger partial charge is 0.329 e. The summed E-state index contributed by atoms with van der Waals surface area (Å²) in [6.07, 6.45) is 2.29. The summed E-state index contributed by atoms with van der Waals surface area (Å²) in [6.45, 7) is 7.35. The Labute approximate surface area is 130 Å². The molecular formula is C16H25N3O3. The van der Waals surface area contributed by atoms with Gasteiger partial charge in [0.2, 0.25) is 5.91 Å². The van der Waals surface area contributed by atoms with Gasteiger partial charge in [-0.25, -0.2) is 4.79 Å². The number of aliphatic carboxylic acids is 1. The number of carboxylic acids is 1. The minimum atomic E-state index is -1.15. The molecule has 0 spiro atoms. The first kappa shape index (κ1) is 16.5. The molecule has 122 valence electrons. The highest BCUT2D eigenvalue weighted by atomic mass is 16.4. The van der Waals surface area contributed by atoms with Crippen LogP contribution in [0.2, 0.25) is 0 Å². The average Bonchev–Trinajstić information content (AvgIpc) is 3.24. The number of nitrogens with zero attached hydrogens (tertiary/aromatic N) is 2. The number of aromatic nitrogens is 2. The Hall–Kier alpha value is -1.85. The van der Waals surface area contributed by atoms with E-state index in [1.807, 2.05) is 27.8 Å². The van der Waals surface area contributed by atoms with Crippen LogP contribution in [0.5, 0.6) is 0 Å². The third-order valence-electron chi connectivity index (χ3n) is 4.84. The van der Waals surface area contributed by atoms with Crippen LogP contribution in [0.15, 0.2) is 0 Å². The molecular weight excluding hydrogens is 282 g/mol. The van der Waals surface area contributed by atoms with Crippen molar-refractivity contribution in [2.45, 2.75) is 52.5 Å². The van der Waals surface area contributed by atoms with Gasteiger partial charge in [-0.3, -0.25) is 9.48 Å². The number of amides is 1. The summed E-state index contributed by atoms with van der Waals surface area (Å²) >= 11 is 0. The summed E-state index contributed by atoms with van der Waals surface area (Å²) in [5.74, 6) is -1.41. The number of hydrogen-bond acceptors (Lipinski definition) is 3. The van der Waals surface area contributed by atoms with E-state index in [4.69, 9.17) is 0 Å². The Kier molecular flexibility index (Phi) is 4.31. The lowest BCUT2D eigenvalue weighted by Crippen LogP contribution is -2.55. The SMILES string of the molecule is Cc1nn(C)c(C)c1C[C@H](C)C(=O)N[C@](C)(C(=O)O)C1CC1. The maximum Gasteiger partial charge on any atom is 0.329 e. The first-order valence-corrected chi connectivity index (χ1v) is 7.71. The van der Waals surface area contributed by atoms with Gasteiger partial charge in [-0.15, -0.1) is 0 Å². The lowest BCUT2D eigenvalue weighted by Gasteiger charge is -2.27. The van der Waals surface area contributed by atoms with E-state index in [-0.39, 0.29) is 17.7 Å². The third-order valence-corrected chi connectivity index (χ3v) is 4.84. The standard InChI is InChI=1S/C16H25N3O3/c1-9(8-13-10(2)18-19(5)11(13)3)14(20)17-16(4,15(21)22)12-6-7-12/h9,12H,6-8H2,1-5H3,(H,17,20)(H,21,22)/t9-,16-/m0/s1. The molecule has 6 nitrogen and oxygen atoms in total. The molecule has 0 saturated heterocycles. The van der Waals surface area contributed by atoms with Gasteiger partial charge in [0, 0.05) is 18.7 Å². The molecule has 6 heteroatoms. The summed E-state index contributed by atoms with van der Waals surface area (Å²) in [4.78, 5) is 23.9. The summed E-state index contributed by atoms with van der Waals surface area (Å²) < 4.78 is 1.81. The van der Waals surface area contributed by atoms with Crippen LogP contribution in [0.25, 0.3) is 0 Å². The third kappa shape index (κ3) is 3.00. The number of carbonyl (C=O) groups excluding carboxylic acids is 1.